The summed E-state index contributed by atoms with van der Waals surface area (Å²) in [6.07, 6.45) is 2.37. The molecule has 0 heterocycles. The Bertz CT molecular complexity index is 183. The SMILES string of the molecule is SCCCOC(OCCCS)C(OCCCS)OCCCS. The van der Waals surface area contributed by atoms with Gasteiger partial charge in [0.1, 0.15) is 0 Å². The highest BCUT2D eigenvalue weighted by Crippen LogP contribution is 2.11. The van der Waals surface area contributed by atoms with E-state index in [0.717, 1.165) is 48.7 Å². The Morgan fingerprint density at radius 1 is 0.455 bits per heavy atom. The van der Waals surface area contributed by atoms with Crippen molar-refractivity contribution in [1.82, 2.24) is 0 Å². The lowest BCUT2D eigenvalue weighted by molar-refractivity contribution is -0.285. The smallest absolute Gasteiger partial charge is 0.209 e. The maximum Gasteiger partial charge on any atom is 0.209 e. The molecular weight excluding hydrogens is 360 g/mol. The van der Waals surface area contributed by atoms with Gasteiger partial charge in [0.2, 0.25) is 12.6 Å². The molecule has 0 aliphatic carbocycles. The second kappa shape index (κ2) is 18.6. The highest BCUT2D eigenvalue weighted by Gasteiger charge is 2.24. The van der Waals surface area contributed by atoms with E-state index in [2.05, 4.69) is 50.5 Å². The first-order chi connectivity index (χ1) is 10.8. The van der Waals surface area contributed by atoms with Crippen LogP contribution < -0.4 is 0 Å². The van der Waals surface area contributed by atoms with Crippen molar-refractivity contribution in [3.8, 4) is 0 Å². The van der Waals surface area contributed by atoms with Gasteiger partial charge in [-0.15, -0.1) is 0 Å². The van der Waals surface area contributed by atoms with Crippen molar-refractivity contribution in [2.75, 3.05) is 49.4 Å². The predicted octanol–water partition coefficient (Wildman–Crippen LogP) is 2.98. The Morgan fingerprint density at radius 2 is 0.682 bits per heavy atom. The van der Waals surface area contributed by atoms with Gasteiger partial charge in [-0.3, -0.25) is 0 Å². The second-order valence-corrected chi connectivity index (χ2v) is 6.32. The molecule has 0 N–H and O–H groups in total. The lowest BCUT2D eigenvalue weighted by Crippen LogP contribution is -2.37. The minimum absolute atomic E-state index is 0.528. The molecule has 8 heteroatoms. The predicted molar refractivity (Wildman–Crippen MR) is 105 cm³/mol. The molecule has 134 valence electrons. The molecule has 0 saturated heterocycles. The van der Waals surface area contributed by atoms with E-state index in [1.807, 2.05) is 0 Å². The fourth-order valence-corrected chi connectivity index (χ4v) is 1.98. The van der Waals surface area contributed by atoms with Gasteiger partial charge in [-0.05, 0) is 48.7 Å². The third-order valence-electron chi connectivity index (χ3n) is 2.56. The molecule has 0 saturated carbocycles. The standard InChI is InChI=1S/C14H30O4S4/c19-9-1-5-15-13(16-6-2-10-20)14(17-7-3-11-21)18-8-4-12-22/h13-14,19-22H,1-12H2. The number of hydrogen-bond acceptors (Lipinski definition) is 8. The normalized spacial score (nSPS) is 11.7. The third-order valence-corrected chi connectivity index (χ3v) is 3.83. The van der Waals surface area contributed by atoms with Gasteiger partial charge in [0.05, 0.1) is 26.4 Å². The van der Waals surface area contributed by atoms with Gasteiger partial charge in [-0.25, -0.2) is 0 Å². The van der Waals surface area contributed by atoms with Crippen molar-refractivity contribution in [2.45, 2.75) is 38.3 Å². The summed E-state index contributed by atoms with van der Waals surface area (Å²) in [6, 6.07) is 0. The quantitative estimate of drug-likeness (QED) is 0.175. The van der Waals surface area contributed by atoms with Crippen molar-refractivity contribution >= 4 is 50.5 Å². The Labute approximate surface area is 157 Å². The van der Waals surface area contributed by atoms with Gasteiger partial charge >= 0.3 is 0 Å². The van der Waals surface area contributed by atoms with Gasteiger partial charge in [0, 0.05) is 0 Å². The Balaban J connectivity index is 4.42. The molecule has 0 radical (unpaired) electrons. The lowest BCUT2D eigenvalue weighted by atomic mass is 10.4. The van der Waals surface area contributed by atoms with E-state index in [0.29, 0.717) is 26.4 Å². The van der Waals surface area contributed by atoms with Crippen LogP contribution in [0, 0.1) is 0 Å². The molecule has 4 nitrogen and oxygen atoms in total. The topological polar surface area (TPSA) is 36.9 Å². The van der Waals surface area contributed by atoms with E-state index < -0.39 is 12.6 Å². The molecule has 0 spiro atoms. The summed E-state index contributed by atoms with van der Waals surface area (Å²) in [6.45, 7) is 2.27. The van der Waals surface area contributed by atoms with Crippen LogP contribution in [0.15, 0.2) is 0 Å². The Hall–Kier alpha value is 1.24. The van der Waals surface area contributed by atoms with Crippen molar-refractivity contribution in [3.63, 3.8) is 0 Å². The van der Waals surface area contributed by atoms with E-state index in [1.165, 1.54) is 0 Å². The van der Waals surface area contributed by atoms with E-state index in [4.69, 9.17) is 18.9 Å². The maximum atomic E-state index is 5.77. The zero-order valence-electron chi connectivity index (χ0n) is 13.1. The molecule has 0 fully saturated rings. The van der Waals surface area contributed by atoms with Gasteiger partial charge < -0.3 is 18.9 Å². The van der Waals surface area contributed by atoms with Crippen molar-refractivity contribution < 1.29 is 18.9 Å². The van der Waals surface area contributed by atoms with Gasteiger partial charge in [-0.2, -0.15) is 50.5 Å². The molecule has 0 bridgehead atoms. The highest BCUT2D eigenvalue weighted by atomic mass is 32.1. The Morgan fingerprint density at radius 3 is 0.864 bits per heavy atom. The molecule has 0 rings (SSSR count). The average Bonchev–Trinajstić information content (AvgIpc) is 2.53. The fourth-order valence-electron chi connectivity index (χ4n) is 1.47. The van der Waals surface area contributed by atoms with Gasteiger partial charge in [-0.1, -0.05) is 0 Å². The number of rotatable bonds is 17. The maximum absolute atomic E-state index is 5.77. The highest BCUT2D eigenvalue weighted by molar-refractivity contribution is 7.80. The number of thiol groups is 4. The molecule has 0 aromatic rings. The summed E-state index contributed by atoms with van der Waals surface area (Å²) in [5, 5.41) is 0. The summed E-state index contributed by atoms with van der Waals surface area (Å²) in [4.78, 5) is 0. The molecule has 0 aliphatic rings. The summed E-state index contributed by atoms with van der Waals surface area (Å²) < 4.78 is 23.1. The molecular formula is C14H30O4S4. The molecule has 0 amide bonds. The van der Waals surface area contributed by atoms with Crippen molar-refractivity contribution in [1.29, 1.82) is 0 Å². The summed E-state index contributed by atoms with van der Waals surface area (Å²) >= 11 is 16.8. The minimum atomic E-state index is -0.528. The molecule has 0 aliphatic heterocycles. The molecule has 0 aromatic heterocycles. The monoisotopic (exact) mass is 390 g/mol. The zero-order chi connectivity index (χ0) is 16.5. The van der Waals surface area contributed by atoms with Crippen LogP contribution in [0.5, 0.6) is 0 Å². The van der Waals surface area contributed by atoms with E-state index >= 15 is 0 Å². The second-order valence-electron chi connectivity index (χ2n) is 4.53. The summed E-state index contributed by atoms with van der Waals surface area (Å²) in [5.41, 5.74) is 0. The average molecular weight is 391 g/mol. The number of hydrogen-bond donors (Lipinski definition) is 4. The molecule has 0 atom stereocenters. The largest absolute Gasteiger partial charge is 0.348 e. The van der Waals surface area contributed by atoms with E-state index in [1.54, 1.807) is 0 Å². The van der Waals surface area contributed by atoms with Gasteiger partial charge in [0.25, 0.3) is 0 Å². The summed E-state index contributed by atoms with van der Waals surface area (Å²) in [7, 11) is 0. The minimum Gasteiger partial charge on any atom is -0.348 e. The van der Waals surface area contributed by atoms with Crippen LogP contribution in [0.3, 0.4) is 0 Å². The van der Waals surface area contributed by atoms with Crippen LogP contribution in [0.4, 0.5) is 0 Å². The zero-order valence-corrected chi connectivity index (χ0v) is 16.6. The Kier molecular flexibility index (Phi) is 19.6. The van der Waals surface area contributed by atoms with Gasteiger partial charge in [0.15, 0.2) is 0 Å². The first kappa shape index (κ1) is 23.2. The number of ether oxygens (including phenoxy) is 4. The van der Waals surface area contributed by atoms with E-state index in [9.17, 15) is 0 Å². The van der Waals surface area contributed by atoms with E-state index in [-0.39, 0.29) is 0 Å². The van der Waals surface area contributed by atoms with Crippen LogP contribution >= 0.6 is 50.5 Å². The first-order valence-electron chi connectivity index (χ1n) is 7.70. The van der Waals surface area contributed by atoms with Crippen LogP contribution in [-0.4, -0.2) is 62.0 Å². The molecule has 0 unspecified atom stereocenters. The van der Waals surface area contributed by atoms with Crippen LogP contribution in [-0.2, 0) is 18.9 Å². The van der Waals surface area contributed by atoms with Crippen molar-refractivity contribution in [2.24, 2.45) is 0 Å². The summed E-state index contributed by atoms with van der Waals surface area (Å²) in [5.74, 6) is 3.09. The molecule has 22 heavy (non-hydrogen) atoms. The molecule has 0 aromatic carbocycles. The van der Waals surface area contributed by atoms with Crippen LogP contribution in [0.2, 0.25) is 0 Å². The fraction of sp³-hybridized carbons (Fsp3) is 1.00. The van der Waals surface area contributed by atoms with Crippen LogP contribution in [0.1, 0.15) is 25.7 Å². The first-order valence-corrected chi connectivity index (χ1v) is 10.2. The van der Waals surface area contributed by atoms with Crippen LogP contribution in [0.25, 0.3) is 0 Å². The lowest BCUT2D eigenvalue weighted by Gasteiger charge is -2.27. The van der Waals surface area contributed by atoms with Crippen molar-refractivity contribution in [3.05, 3.63) is 0 Å². The third kappa shape index (κ3) is 13.7.